The van der Waals surface area contributed by atoms with Crippen molar-refractivity contribution in [2.24, 2.45) is 10.2 Å². The molecule has 2 N–H and O–H groups in total. The molecule has 0 bridgehead atoms. The Labute approximate surface area is 176 Å². The van der Waals surface area contributed by atoms with Crippen LogP contribution in [0.5, 0.6) is 5.75 Å². The molecule has 0 radical (unpaired) electrons. The van der Waals surface area contributed by atoms with Gasteiger partial charge in [0.1, 0.15) is 5.75 Å². The Balaban J connectivity index is 1.72. The molecule has 1 aliphatic heterocycles. The summed E-state index contributed by atoms with van der Waals surface area (Å²) in [6.45, 7) is 6.07. The first-order valence-corrected chi connectivity index (χ1v) is 9.85. The van der Waals surface area contributed by atoms with E-state index in [0.717, 1.165) is 12.0 Å². The molecule has 0 fully saturated rings. The average molecular weight is 403 g/mol. The van der Waals surface area contributed by atoms with Crippen LogP contribution in [0.15, 0.2) is 46.6 Å². The number of para-hydroxylation sites is 1. The predicted octanol–water partition coefficient (Wildman–Crippen LogP) is 3.69. The summed E-state index contributed by atoms with van der Waals surface area (Å²) in [6.07, 6.45) is 1.70. The largest absolute Gasteiger partial charge is 0.505 e. The van der Waals surface area contributed by atoms with Crippen molar-refractivity contribution in [2.45, 2.75) is 40.0 Å². The van der Waals surface area contributed by atoms with E-state index in [1.165, 1.54) is 21.7 Å². The van der Waals surface area contributed by atoms with E-state index in [0.29, 0.717) is 17.8 Å². The fourth-order valence-electron chi connectivity index (χ4n) is 3.33. The number of anilines is 1. The lowest BCUT2D eigenvalue weighted by atomic mass is 9.98. The summed E-state index contributed by atoms with van der Waals surface area (Å²) in [5.74, 6) is -0.241. The molecule has 2 aromatic rings. The molecule has 0 aliphatic carbocycles. The van der Waals surface area contributed by atoms with Gasteiger partial charge in [-0.2, -0.15) is 15.5 Å². The van der Waals surface area contributed by atoms with E-state index in [1.807, 2.05) is 18.2 Å². The number of aryl methyl sites for hydroxylation is 4. The van der Waals surface area contributed by atoms with Crippen LogP contribution in [0.4, 0.5) is 5.69 Å². The van der Waals surface area contributed by atoms with Gasteiger partial charge in [0.05, 0.1) is 30.4 Å². The van der Waals surface area contributed by atoms with E-state index in [-0.39, 0.29) is 30.3 Å². The van der Waals surface area contributed by atoms with Crippen LogP contribution in [0.1, 0.15) is 35.6 Å². The average Bonchev–Trinajstić information content (AvgIpc) is 3.00. The first-order valence-electron chi connectivity index (χ1n) is 9.85. The molecule has 3 rings (SSSR count). The predicted molar refractivity (Wildman–Crippen MR) is 118 cm³/mol. The van der Waals surface area contributed by atoms with E-state index in [1.54, 1.807) is 13.0 Å². The van der Waals surface area contributed by atoms with Crippen LogP contribution in [-0.4, -0.2) is 34.0 Å². The van der Waals surface area contributed by atoms with Gasteiger partial charge in [0, 0.05) is 0 Å². The minimum Gasteiger partial charge on any atom is -0.505 e. The topological polar surface area (TPSA) is 101 Å². The van der Waals surface area contributed by atoms with Crippen molar-refractivity contribution in [3.63, 3.8) is 0 Å². The summed E-state index contributed by atoms with van der Waals surface area (Å²) in [7, 11) is 0. The molecule has 0 saturated heterocycles. The van der Waals surface area contributed by atoms with Crippen molar-refractivity contribution >= 4 is 23.0 Å². The number of benzene rings is 2. The second-order valence-corrected chi connectivity index (χ2v) is 7.34. The van der Waals surface area contributed by atoms with Gasteiger partial charge in [-0.25, -0.2) is 5.01 Å². The molecule has 1 aliphatic rings. The van der Waals surface area contributed by atoms with Gasteiger partial charge < -0.3 is 5.11 Å². The lowest BCUT2D eigenvalue weighted by Gasteiger charge is -2.11. The van der Waals surface area contributed by atoms with E-state index < -0.39 is 0 Å². The highest BCUT2D eigenvalue weighted by Gasteiger charge is 2.29. The maximum atomic E-state index is 12.4. The van der Waals surface area contributed by atoms with Crippen LogP contribution in [0.3, 0.4) is 0 Å². The highest BCUT2D eigenvalue weighted by Crippen LogP contribution is 2.29. The van der Waals surface area contributed by atoms with Crippen molar-refractivity contribution in [2.75, 3.05) is 12.0 Å². The number of phenols is 1. The zero-order valence-electron chi connectivity index (χ0n) is 17.4. The van der Waals surface area contributed by atoms with E-state index in [9.17, 15) is 9.90 Å². The summed E-state index contributed by atoms with van der Waals surface area (Å²) in [6, 6.07) is 13.8. The summed E-state index contributed by atoms with van der Waals surface area (Å²) in [4.78, 5) is 12.4. The van der Waals surface area contributed by atoms with Crippen molar-refractivity contribution in [1.29, 1.82) is 5.26 Å². The normalized spacial score (nSPS) is 14.7. The van der Waals surface area contributed by atoms with Crippen molar-refractivity contribution < 1.29 is 9.90 Å². The maximum absolute atomic E-state index is 12.4. The zero-order valence-corrected chi connectivity index (χ0v) is 17.4. The monoisotopic (exact) mass is 403 g/mol. The van der Waals surface area contributed by atoms with E-state index in [4.69, 9.17) is 5.26 Å². The minimum absolute atomic E-state index is 0.119. The van der Waals surface area contributed by atoms with Crippen molar-refractivity contribution in [1.82, 2.24) is 5.01 Å². The Bertz CT molecular complexity index is 1070. The van der Waals surface area contributed by atoms with Crippen LogP contribution in [0, 0.1) is 25.2 Å². The summed E-state index contributed by atoms with van der Waals surface area (Å²) in [5.41, 5.74) is 8.38. The number of carbonyl (C=O) groups is 1. The van der Waals surface area contributed by atoms with Crippen LogP contribution >= 0.6 is 0 Å². The maximum Gasteiger partial charge on any atom is 0.296 e. The Morgan fingerprint density at radius 1 is 1.17 bits per heavy atom. The minimum atomic E-state index is -0.360. The van der Waals surface area contributed by atoms with Crippen LogP contribution in [0.2, 0.25) is 0 Å². The fourth-order valence-corrected chi connectivity index (χ4v) is 3.33. The van der Waals surface area contributed by atoms with Crippen molar-refractivity contribution in [3.05, 3.63) is 58.7 Å². The third-order valence-corrected chi connectivity index (χ3v) is 5.06. The number of nitrogens with one attached hydrogen (secondary N) is 1. The lowest BCUT2D eigenvalue weighted by molar-refractivity contribution is -0.123. The number of phenolic OH excluding ortho intramolecular Hbond substituents is 1. The van der Waals surface area contributed by atoms with Gasteiger partial charge in [0.15, 0.2) is 5.71 Å². The molecule has 154 valence electrons. The number of amides is 1. The number of aromatic hydroxyl groups is 1. The molecule has 0 unspecified atom stereocenters. The van der Waals surface area contributed by atoms with Crippen LogP contribution in [0.25, 0.3) is 0 Å². The van der Waals surface area contributed by atoms with E-state index >= 15 is 0 Å². The molecule has 0 aromatic heterocycles. The van der Waals surface area contributed by atoms with Gasteiger partial charge in [-0.15, -0.1) is 0 Å². The van der Waals surface area contributed by atoms with Crippen LogP contribution in [-0.2, 0) is 17.6 Å². The number of carbonyl (C=O) groups excluding carboxylic acids is 1. The van der Waals surface area contributed by atoms with Gasteiger partial charge in [-0.1, -0.05) is 35.9 Å². The van der Waals surface area contributed by atoms with Gasteiger partial charge in [0.25, 0.3) is 5.91 Å². The molecule has 7 heteroatoms. The molecule has 7 nitrogen and oxygen atoms in total. The number of nitrogens with zero attached hydrogens (tertiary/aromatic N) is 4. The number of nitriles is 1. The second-order valence-electron chi connectivity index (χ2n) is 7.34. The van der Waals surface area contributed by atoms with Gasteiger partial charge in [-0.3, -0.25) is 10.2 Å². The summed E-state index contributed by atoms with van der Waals surface area (Å²) < 4.78 is 0. The third-order valence-electron chi connectivity index (χ3n) is 5.06. The molecular weight excluding hydrogens is 378 g/mol. The Morgan fingerprint density at radius 3 is 2.70 bits per heavy atom. The van der Waals surface area contributed by atoms with Gasteiger partial charge >= 0.3 is 0 Å². The summed E-state index contributed by atoms with van der Waals surface area (Å²) in [5, 5.41) is 28.9. The highest BCUT2D eigenvalue weighted by molar-refractivity contribution is 6.68. The third kappa shape index (κ3) is 4.66. The van der Waals surface area contributed by atoms with E-state index in [2.05, 4.69) is 47.7 Å². The highest BCUT2D eigenvalue weighted by atomic mass is 16.3. The molecule has 0 spiro atoms. The van der Waals surface area contributed by atoms with Crippen LogP contribution < -0.4 is 5.43 Å². The first-order chi connectivity index (χ1) is 14.4. The fraction of sp³-hybridized carbons (Fsp3) is 0.304. The number of hydrazone groups is 2. The quantitative estimate of drug-likeness (QED) is 0.544. The Morgan fingerprint density at radius 2 is 1.93 bits per heavy atom. The molecular formula is C23H25N5O2. The first kappa shape index (κ1) is 21.1. The second kappa shape index (κ2) is 9.23. The molecule has 30 heavy (non-hydrogen) atoms. The smallest absolute Gasteiger partial charge is 0.296 e. The Hall–Kier alpha value is -3.66. The van der Waals surface area contributed by atoms with Crippen molar-refractivity contribution in [3.8, 4) is 11.8 Å². The summed E-state index contributed by atoms with van der Waals surface area (Å²) >= 11 is 0. The SMILES string of the molecule is CC1=NN(CCC#N)C(=O)C1=NNc1cccc(CCc2cc(C)ccc2C)c1O. The van der Waals surface area contributed by atoms with Gasteiger partial charge in [0.2, 0.25) is 0 Å². The zero-order chi connectivity index (χ0) is 21.7. The molecule has 0 atom stereocenters. The molecule has 0 saturated carbocycles. The number of hydrogen-bond donors (Lipinski definition) is 2. The lowest BCUT2D eigenvalue weighted by Crippen LogP contribution is -2.28. The standard InChI is InChI=1S/C23H25N5O2/c1-15-8-9-16(2)19(14-15)11-10-18-6-4-7-20(22(18)29)25-26-21-17(3)27-28(23(21)30)13-5-12-24/h4,6-9,14,25,29H,5,10-11,13H2,1-3H3. The molecule has 1 heterocycles. The number of rotatable bonds is 7. The molecule has 1 amide bonds. The Kier molecular flexibility index (Phi) is 6.48. The number of hydrogen-bond acceptors (Lipinski definition) is 6. The van der Waals surface area contributed by atoms with Gasteiger partial charge in [-0.05, 0) is 56.4 Å². The molecule has 2 aromatic carbocycles.